The second kappa shape index (κ2) is 5.95. The van der Waals surface area contributed by atoms with Crippen LogP contribution in [0.5, 0.6) is 5.75 Å². The van der Waals surface area contributed by atoms with Gasteiger partial charge >= 0.3 is 6.18 Å². The predicted octanol–water partition coefficient (Wildman–Crippen LogP) is 4.15. The highest BCUT2D eigenvalue weighted by atomic mass is 19.4. The van der Waals surface area contributed by atoms with Gasteiger partial charge in [0.1, 0.15) is 18.2 Å². The van der Waals surface area contributed by atoms with Gasteiger partial charge in [0.25, 0.3) is 5.78 Å². The molecule has 6 heteroatoms. The molecule has 0 saturated heterocycles. The van der Waals surface area contributed by atoms with Gasteiger partial charge in [-0.2, -0.15) is 13.2 Å². The van der Waals surface area contributed by atoms with Gasteiger partial charge in [0.2, 0.25) is 0 Å². The Bertz CT molecular complexity index is 650. The maximum Gasteiger partial charge on any atom is 0.454 e. The van der Waals surface area contributed by atoms with Gasteiger partial charge in [-0.25, -0.2) is 4.39 Å². The topological polar surface area (TPSA) is 26.3 Å². The lowest BCUT2D eigenvalue weighted by atomic mass is 10.1. The Morgan fingerprint density at radius 2 is 1.76 bits per heavy atom. The molecular formula is C15H10F4O2. The van der Waals surface area contributed by atoms with Crippen LogP contribution in [0.1, 0.15) is 15.9 Å². The van der Waals surface area contributed by atoms with Crippen LogP contribution in [-0.4, -0.2) is 12.0 Å². The normalized spacial score (nSPS) is 11.2. The van der Waals surface area contributed by atoms with Crippen LogP contribution in [0.2, 0.25) is 0 Å². The molecule has 0 bridgehead atoms. The molecule has 0 radical (unpaired) electrons. The van der Waals surface area contributed by atoms with Crippen molar-refractivity contribution in [1.29, 1.82) is 0 Å². The van der Waals surface area contributed by atoms with Crippen LogP contribution in [0.15, 0.2) is 48.5 Å². The van der Waals surface area contributed by atoms with Gasteiger partial charge < -0.3 is 4.74 Å². The maximum absolute atomic E-state index is 13.0. The fourth-order valence-corrected chi connectivity index (χ4v) is 1.68. The molecule has 0 aliphatic rings. The molecule has 2 nitrogen and oxygen atoms in total. The smallest absolute Gasteiger partial charge is 0.454 e. The molecule has 0 N–H and O–H groups in total. The first-order valence-electron chi connectivity index (χ1n) is 5.95. The third kappa shape index (κ3) is 4.05. The van der Waals surface area contributed by atoms with Gasteiger partial charge in [-0.3, -0.25) is 4.79 Å². The molecule has 0 heterocycles. The molecule has 110 valence electrons. The van der Waals surface area contributed by atoms with Crippen LogP contribution in [-0.2, 0) is 6.61 Å². The van der Waals surface area contributed by atoms with Crippen molar-refractivity contribution < 1.29 is 27.1 Å². The number of hydrogen-bond donors (Lipinski definition) is 0. The highest BCUT2D eigenvalue weighted by molar-refractivity contribution is 6.00. The Hall–Kier alpha value is -2.37. The van der Waals surface area contributed by atoms with Gasteiger partial charge in [0, 0.05) is 5.56 Å². The highest BCUT2D eigenvalue weighted by Crippen LogP contribution is 2.24. The summed E-state index contributed by atoms with van der Waals surface area (Å²) < 4.78 is 55.2. The largest absolute Gasteiger partial charge is 0.489 e. The minimum Gasteiger partial charge on any atom is -0.489 e. The lowest BCUT2D eigenvalue weighted by molar-refractivity contribution is -0.0885. The van der Waals surface area contributed by atoms with Crippen molar-refractivity contribution in [3.05, 3.63) is 65.5 Å². The summed E-state index contributed by atoms with van der Waals surface area (Å²) in [6.07, 6.45) is -4.93. The number of halogens is 4. The first kappa shape index (κ1) is 15.0. The molecule has 21 heavy (non-hydrogen) atoms. The fourth-order valence-electron chi connectivity index (χ4n) is 1.68. The summed E-state index contributed by atoms with van der Waals surface area (Å²) in [5.74, 6) is -2.26. The number of alkyl halides is 3. The van der Waals surface area contributed by atoms with Crippen LogP contribution < -0.4 is 4.74 Å². The summed E-state index contributed by atoms with van der Waals surface area (Å²) in [4.78, 5) is 11.1. The van der Waals surface area contributed by atoms with Crippen LogP contribution in [0.3, 0.4) is 0 Å². The van der Waals surface area contributed by atoms with Crippen LogP contribution in [0, 0.1) is 5.82 Å². The molecule has 0 aliphatic carbocycles. The van der Waals surface area contributed by atoms with E-state index in [1.54, 1.807) is 6.07 Å². The van der Waals surface area contributed by atoms with Gasteiger partial charge in [-0.1, -0.05) is 24.3 Å². The van der Waals surface area contributed by atoms with E-state index >= 15 is 0 Å². The molecule has 0 spiro atoms. The van der Waals surface area contributed by atoms with Crippen molar-refractivity contribution in [3.63, 3.8) is 0 Å². The molecule has 0 aromatic heterocycles. The summed E-state index contributed by atoms with van der Waals surface area (Å²) in [5, 5.41) is 0. The minimum atomic E-state index is -4.93. The van der Waals surface area contributed by atoms with E-state index in [0.717, 1.165) is 12.1 Å². The lowest BCUT2D eigenvalue weighted by Crippen LogP contribution is -2.22. The molecule has 0 saturated carbocycles. The van der Waals surface area contributed by atoms with Gasteiger partial charge in [0.05, 0.1) is 0 Å². The molecule has 2 aromatic carbocycles. The first-order chi connectivity index (χ1) is 9.86. The number of ether oxygens (including phenoxy) is 1. The molecule has 0 fully saturated rings. The van der Waals surface area contributed by atoms with E-state index in [1.165, 1.54) is 30.3 Å². The molecule has 0 atom stereocenters. The van der Waals surface area contributed by atoms with Gasteiger partial charge in [-0.05, 0) is 29.8 Å². The summed E-state index contributed by atoms with van der Waals surface area (Å²) in [6, 6.07) is 10.4. The van der Waals surface area contributed by atoms with E-state index in [-0.39, 0.29) is 12.4 Å². The molecule has 2 rings (SSSR count). The molecular weight excluding hydrogens is 288 g/mol. The monoisotopic (exact) mass is 298 g/mol. The van der Waals surface area contributed by atoms with Crippen LogP contribution in [0.25, 0.3) is 0 Å². The Morgan fingerprint density at radius 3 is 2.43 bits per heavy atom. The number of hydrogen-bond acceptors (Lipinski definition) is 2. The number of benzene rings is 2. The summed E-state index contributed by atoms with van der Waals surface area (Å²) in [6.45, 7) is -0.0125. The van der Waals surface area contributed by atoms with Crippen molar-refractivity contribution in [1.82, 2.24) is 0 Å². The number of rotatable bonds is 4. The zero-order valence-corrected chi connectivity index (χ0v) is 10.7. The quantitative estimate of drug-likeness (QED) is 0.626. The average Bonchev–Trinajstić information content (AvgIpc) is 2.44. The standard InChI is InChI=1S/C15H10F4O2/c16-12-5-1-3-10(7-12)9-21-13-6-2-4-11(8-13)14(20)15(17,18)19/h1-8H,9H2. The van der Waals surface area contributed by atoms with E-state index in [9.17, 15) is 22.4 Å². The number of ketones is 1. The number of carbonyl (C=O) groups excluding carboxylic acids is 1. The molecule has 0 amide bonds. The van der Waals surface area contributed by atoms with Gasteiger partial charge in [0.15, 0.2) is 0 Å². The van der Waals surface area contributed by atoms with Crippen LogP contribution >= 0.6 is 0 Å². The Kier molecular flexibility index (Phi) is 4.26. The second-order valence-electron chi connectivity index (χ2n) is 4.27. The third-order valence-electron chi connectivity index (χ3n) is 2.65. The molecule has 0 aliphatic heterocycles. The second-order valence-corrected chi connectivity index (χ2v) is 4.27. The highest BCUT2D eigenvalue weighted by Gasteiger charge is 2.39. The fraction of sp³-hybridized carbons (Fsp3) is 0.133. The summed E-state index contributed by atoms with van der Waals surface area (Å²) in [5.41, 5.74) is 0.0294. The Labute approximate surface area is 118 Å². The molecule has 2 aromatic rings. The maximum atomic E-state index is 13.0. The van der Waals surface area contributed by atoms with E-state index in [2.05, 4.69) is 0 Å². The first-order valence-corrected chi connectivity index (χ1v) is 5.95. The zero-order chi connectivity index (χ0) is 15.5. The van der Waals surface area contributed by atoms with Crippen molar-refractivity contribution in [2.45, 2.75) is 12.8 Å². The third-order valence-corrected chi connectivity index (χ3v) is 2.65. The SMILES string of the molecule is O=C(c1cccc(OCc2cccc(F)c2)c1)C(F)(F)F. The predicted molar refractivity (Wildman–Crippen MR) is 67.6 cm³/mol. The minimum absolute atomic E-state index is 0.0125. The van der Waals surface area contributed by atoms with Crippen molar-refractivity contribution in [2.24, 2.45) is 0 Å². The average molecular weight is 298 g/mol. The Morgan fingerprint density at radius 1 is 1.05 bits per heavy atom. The summed E-state index contributed by atoms with van der Waals surface area (Å²) in [7, 11) is 0. The van der Waals surface area contributed by atoms with Crippen LogP contribution in [0.4, 0.5) is 17.6 Å². The lowest BCUT2D eigenvalue weighted by Gasteiger charge is -2.09. The van der Waals surface area contributed by atoms with Crippen molar-refractivity contribution in [2.75, 3.05) is 0 Å². The van der Waals surface area contributed by atoms with Crippen molar-refractivity contribution >= 4 is 5.78 Å². The summed E-state index contributed by atoms with van der Waals surface area (Å²) >= 11 is 0. The van der Waals surface area contributed by atoms with E-state index in [0.29, 0.717) is 5.56 Å². The zero-order valence-electron chi connectivity index (χ0n) is 10.7. The van der Waals surface area contributed by atoms with E-state index in [4.69, 9.17) is 4.74 Å². The van der Waals surface area contributed by atoms with E-state index in [1.807, 2.05) is 0 Å². The molecule has 0 unspecified atom stereocenters. The number of Topliss-reactive ketones (excluding diaryl/α,β-unsaturated/α-hetero) is 1. The Balaban J connectivity index is 2.10. The van der Waals surface area contributed by atoms with Crippen molar-refractivity contribution in [3.8, 4) is 5.75 Å². The number of carbonyl (C=O) groups is 1. The van der Waals surface area contributed by atoms with Gasteiger partial charge in [-0.15, -0.1) is 0 Å². The van der Waals surface area contributed by atoms with E-state index < -0.39 is 23.3 Å².